The first-order valence-electron chi connectivity index (χ1n) is 4.95. The fourth-order valence-corrected chi connectivity index (χ4v) is 1.40. The highest BCUT2D eigenvalue weighted by Gasteiger charge is 2.12. The average molecular weight is 214 g/mol. The van der Waals surface area contributed by atoms with E-state index in [9.17, 15) is 8.78 Å². The molecular weight excluding hydrogens is 198 g/mol. The van der Waals surface area contributed by atoms with Crippen molar-refractivity contribution in [3.63, 3.8) is 0 Å². The largest absolute Gasteiger partial charge is 0.329 e. The predicted octanol–water partition coefficient (Wildman–Crippen LogP) is 1.88. The molecule has 3 N–H and O–H groups in total. The molecule has 0 aliphatic heterocycles. The highest BCUT2D eigenvalue weighted by atomic mass is 19.1. The monoisotopic (exact) mass is 214 g/mol. The van der Waals surface area contributed by atoms with Crippen LogP contribution in [0.15, 0.2) is 12.1 Å². The van der Waals surface area contributed by atoms with E-state index in [-0.39, 0.29) is 17.7 Å². The Morgan fingerprint density at radius 2 is 2.00 bits per heavy atom. The third-order valence-corrected chi connectivity index (χ3v) is 2.34. The molecule has 1 unspecified atom stereocenters. The van der Waals surface area contributed by atoms with Gasteiger partial charge in [-0.1, -0.05) is 0 Å². The second kappa shape index (κ2) is 5.19. The van der Waals surface area contributed by atoms with Crippen molar-refractivity contribution < 1.29 is 8.78 Å². The quantitative estimate of drug-likeness (QED) is 0.803. The molecule has 4 heteroatoms. The van der Waals surface area contributed by atoms with E-state index in [4.69, 9.17) is 5.73 Å². The molecule has 1 atom stereocenters. The smallest absolute Gasteiger partial charge is 0.128 e. The lowest BCUT2D eigenvalue weighted by Gasteiger charge is -2.15. The maximum Gasteiger partial charge on any atom is 0.128 e. The zero-order valence-electron chi connectivity index (χ0n) is 8.98. The Kier molecular flexibility index (Phi) is 4.17. The predicted molar refractivity (Wildman–Crippen MR) is 56.6 cm³/mol. The number of aryl methyl sites for hydroxylation is 1. The van der Waals surface area contributed by atoms with Gasteiger partial charge >= 0.3 is 0 Å². The van der Waals surface area contributed by atoms with Gasteiger partial charge in [0.2, 0.25) is 0 Å². The molecule has 0 bridgehead atoms. The van der Waals surface area contributed by atoms with Gasteiger partial charge < -0.3 is 11.1 Å². The molecule has 0 aromatic heterocycles. The summed E-state index contributed by atoms with van der Waals surface area (Å²) in [7, 11) is 0. The second-order valence-electron chi connectivity index (χ2n) is 3.59. The minimum absolute atomic E-state index is 0.233. The molecule has 0 spiro atoms. The van der Waals surface area contributed by atoms with E-state index in [0.717, 1.165) is 0 Å². The Labute approximate surface area is 88.5 Å². The number of nitrogens with one attached hydrogen (secondary N) is 1. The number of benzene rings is 1. The SMILES string of the molecule is Cc1cc(F)c(C(C)NCCN)cc1F. The lowest BCUT2D eigenvalue weighted by atomic mass is 10.1. The van der Waals surface area contributed by atoms with E-state index in [0.29, 0.717) is 24.2 Å². The second-order valence-corrected chi connectivity index (χ2v) is 3.59. The summed E-state index contributed by atoms with van der Waals surface area (Å²) < 4.78 is 26.7. The zero-order chi connectivity index (χ0) is 11.4. The van der Waals surface area contributed by atoms with Gasteiger partial charge in [0, 0.05) is 24.7 Å². The van der Waals surface area contributed by atoms with Gasteiger partial charge in [0.1, 0.15) is 11.6 Å². The fourth-order valence-electron chi connectivity index (χ4n) is 1.40. The lowest BCUT2D eigenvalue weighted by Crippen LogP contribution is -2.26. The van der Waals surface area contributed by atoms with Crippen LogP contribution >= 0.6 is 0 Å². The Hall–Kier alpha value is -1.00. The molecule has 0 aliphatic rings. The first-order valence-corrected chi connectivity index (χ1v) is 4.95. The Morgan fingerprint density at radius 1 is 1.33 bits per heavy atom. The fraction of sp³-hybridized carbons (Fsp3) is 0.455. The van der Waals surface area contributed by atoms with Crippen LogP contribution in [0.1, 0.15) is 24.1 Å². The molecule has 0 aliphatic carbocycles. The van der Waals surface area contributed by atoms with Crippen molar-refractivity contribution in [3.8, 4) is 0 Å². The maximum absolute atomic E-state index is 13.5. The van der Waals surface area contributed by atoms with E-state index in [2.05, 4.69) is 5.32 Å². The first-order chi connectivity index (χ1) is 7.06. The summed E-state index contributed by atoms with van der Waals surface area (Å²) in [5.74, 6) is -0.765. The van der Waals surface area contributed by atoms with Crippen LogP contribution in [0, 0.1) is 18.6 Å². The minimum Gasteiger partial charge on any atom is -0.329 e. The summed E-state index contributed by atoms with van der Waals surface area (Å²) in [6, 6.07) is 2.22. The number of rotatable bonds is 4. The van der Waals surface area contributed by atoms with Crippen LogP contribution < -0.4 is 11.1 Å². The lowest BCUT2D eigenvalue weighted by molar-refractivity contribution is 0.521. The van der Waals surface area contributed by atoms with E-state index in [1.807, 2.05) is 0 Å². The summed E-state index contributed by atoms with van der Waals surface area (Å²) >= 11 is 0. The third kappa shape index (κ3) is 2.97. The Morgan fingerprint density at radius 3 is 2.60 bits per heavy atom. The zero-order valence-corrected chi connectivity index (χ0v) is 8.98. The number of halogens is 2. The first kappa shape index (κ1) is 12.1. The van der Waals surface area contributed by atoms with Crippen LogP contribution in [0.3, 0.4) is 0 Å². The number of nitrogens with two attached hydrogens (primary N) is 1. The van der Waals surface area contributed by atoms with Gasteiger partial charge in [0.05, 0.1) is 0 Å². The molecule has 0 fully saturated rings. The molecule has 0 radical (unpaired) electrons. The molecule has 0 saturated carbocycles. The van der Waals surface area contributed by atoms with Crippen LogP contribution in [-0.4, -0.2) is 13.1 Å². The van der Waals surface area contributed by atoms with Gasteiger partial charge in [-0.15, -0.1) is 0 Å². The summed E-state index contributed by atoms with van der Waals surface area (Å²) in [4.78, 5) is 0. The van der Waals surface area contributed by atoms with Crippen molar-refractivity contribution in [2.45, 2.75) is 19.9 Å². The molecule has 0 heterocycles. The van der Waals surface area contributed by atoms with Gasteiger partial charge in [-0.3, -0.25) is 0 Å². The van der Waals surface area contributed by atoms with Crippen LogP contribution in [0.2, 0.25) is 0 Å². The van der Waals surface area contributed by atoms with Crippen LogP contribution in [0.5, 0.6) is 0 Å². The van der Waals surface area contributed by atoms with E-state index in [1.165, 1.54) is 12.1 Å². The maximum atomic E-state index is 13.5. The normalized spacial score (nSPS) is 12.9. The Bertz CT molecular complexity index is 340. The van der Waals surface area contributed by atoms with Gasteiger partial charge in [-0.05, 0) is 31.5 Å². The van der Waals surface area contributed by atoms with Gasteiger partial charge in [0.15, 0.2) is 0 Å². The van der Waals surface area contributed by atoms with Crippen molar-refractivity contribution in [2.75, 3.05) is 13.1 Å². The van der Waals surface area contributed by atoms with Crippen LogP contribution in [-0.2, 0) is 0 Å². The molecule has 0 amide bonds. The molecule has 1 aromatic carbocycles. The van der Waals surface area contributed by atoms with Gasteiger partial charge in [-0.2, -0.15) is 0 Å². The van der Waals surface area contributed by atoms with E-state index < -0.39 is 0 Å². The van der Waals surface area contributed by atoms with Gasteiger partial charge in [0.25, 0.3) is 0 Å². The summed E-state index contributed by atoms with van der Waals surface area (Å²) in [5, 5.41) is 3.00. The van der Waals surface area contributed by atoms with E-state index >= 15 is 0 Å². The van der Waals surface area contributed by atoms with Crippen molar-refractivity contribution in [1.82, 2.24) is 5.32 Å². The van der Waals surface area contributed by atoms with Crippen molar-refractivity contribution in [2.24, 2.45) is 5.73 Å². The average Bonchev–Trinajstić information content (AvgIpc) is 2.20. The molecule has 2 nitrogen and oxygen atoms in total. The van der Waals surface area contributed by atoms with Crippen LogP contribution in [0.4, 0.5) is 8.78 Å². The van der Waals surface area contributed by atoms with Gasteiger partial charge in [-0.25, -0.2) is 8.78 Å². The van der Waals surface area contributed by atoms with E-state index in [1.54, 1.807) is 13.8 Å². The number of hydrogen-bond donors (Lipinski definition) is 2. The molecule has 1 aromatic rings. The summed E-state index contributed by atoms with van der Waals surface area (Å²) in [6.07, 6.45) is 0. The van der Waals surface area contributed by atoms with Crippen molar-refractivity contribution >= 4 is 0 Å². The summed E-state index contributed by atoms with van der Waals surface area (Å²) in [6.45, 7) is 4.37. The summed E-state index contributed by atoms with van der Waals surface area (Å²) in [5.41, 5.74) is 5.98. The molecule has 84 valence electrons. The highest BCUT2D eigenvalue weighted by Crippen LogP contribution is 2.20. The third-order valence-electron chi connectivity index (χ3n) is 2.34. The number of hydrogen-bond acceptors (Lipinski definition) is 2. The van der Waals surface area contributed by atoms with Crippen molar-refractivity contribution in [3.05, 3.63) is 34.9 Å². The van der Waals surface area contributed by atoms with Crippen LogP contribution in [0.25, 0.3) is 0 Å². The molecule has 0 saturated heterocycles. The topological polar surface area (TPSA) is 38.0 Å². The Balaban J connectivity index is 2.88. The van der Waals surface area contributed by atoms with Crippen molar-refractivity contribution in [1.29, 1.82) is 0 Å². The highest BCUT2D eigenvalue weighted by molar-refractivity contribution is 5.27. The molecular formula is C11H16F2N2. The minimum atomic E-state index is -0.383. The molecule has 15 heavy (non-hydrogen) atoms. The standard InChI is InChI=1S/C11H16F2N2/c1-7-5-11(13)9(6-10(7)12)8(2)15-4-3-14/h5-6,8,15H,3-4,14H2,1-2H3. The molecule has 1 rings (SSSR count).